The lowest BCUT2D eigenvalue weighted by atomic mass is 10.2. The molecule has 1 atom stereocenters. The standard InChI is InChI=1S/C11H15N3O2/c15-8-10-2-1-7-14(10)11(16)13-9-3-5-12-6-4-9/h3-6,10,15H,1-2,7-8H2,(H,12,13,16). The van der Waals surface area contributed by atoms with Crippen LogP contribution in [-0.4, -0.2) is 40.2 Å². The van der Waals surface area contributed by atoms with Crippen molar-refractivity contribution >= 4 is 11.7 Å². The molecular formula is C11H15N3O2. The fourth-order valence-electron chi connectivity index (χ4n) is 1.92. The zero-order valence-electron chi connectivity index (χ0n) is 8.97. The third-order valence-corrected chi connectivity index (χ3v) is 2.78. The monoisotopic (exact) mass is 221 g/mol. The second kappa shape index (κ2) is 4.94. The van der Waals surface area contributed by atoms with Crippen LogP contribution in [0.1, 0.15) is 12.8 Å². The number of carbonyl (C=O) groups excluding carboxylic acids is 1. The molecule has 2 amide bonds. The Hall–Kier alpha value is -1.62. The van der Waals surface area contributed by atoms with Gasteiger partial charge in [-0.2, -0.15) is 0 Å². The highest BCUT2D eigenvalue weighted by atomic mass is 16.3. The number of nitrogens with zero attached hydrogens (tertiary/aromatic N) is 2. The van der Waals surface area contributed by atoms with Crippen LogP contribution in [0.15, 0.2) is 24.5 Å². The fourth-order valence-corrected chi connectivity index (χ4v) is 1.92. The molecule has 0 radical (unpaired) electrons. The number of urea groups is 1. The lowest BCUT2D eigenvalue weighted by molar-refractivity contribution is 0.166. The summed E-state index contributed by atoms with van der Waals surface area (Å²) in [6, 6.07) is 3.29. The summed E-state index contributed by atoms with van der Waals surface area (Å²) in [6.45, 7) is 0.742. The Labute approximate surface area is 94.1 Å². The first-order valence-corrected chi connectivity index (χ1v) is 5.40. The molecule has 0 aliphatic carbocycles. The third-order valence-electron chi connectivity index (χ3n) is 2.78. The van der Waals surface area contributed by atoms with Crippen LogP contribution in [0.25, 0.3) is 0 Å². The largest absolute Gasteiger partial charge is 0.394 e. The van der Waals surface area contributed by atoms with Gasteiger partial charge in [0.2, 0.25) is 0 Å². The zero-order valence-corrected chi connectivity index (χ0v) is 8.97. The minimum absolute atomic E-state index is 0.0315. The Morgan fingerprint density at radius 1 is 1.56 bits per heavy atom. The van der Waals surface area contributed by atoms with Crippen LogP contribution < -0.4 is 5.32 Å². The topological polar surface area (TPSA) is 65.5 Å². The lowest BCUT2D eigenvalue weighted by Gasteiger charge is -2.23. The number of pyridine rings is 1. The Bertz CT molecular complexity index is 356. The zero-order chi connectivity index (χ0) is 11.4. The molecule has 1 fully saturated rings. The van der Waals surface area contributed by atoms with Crippen LogP contribution in [-0.2, 0) is 0 Å². The van der Waals surface area contributed by atoms with Crippen LogP contribution in [0.4, 0.5) is 10.5 Å². The average Bonchev–Trinajstić information content (AvgIpc) is 2.78. The van der Waals surface area contributed by atoms with Gasteiger partial charge in [-0.25, -0.2) is 4.79 Å². The molecule has 1 saturated heterocycles. The van der Waals surface area contributed by atoms with E-state index in [9.17, 15) is 4.79 Å². The second-order valence-corrected chi connectivity index (χ2v) is 3.84. The van der Waals surface area contributed by atoms with Crippen molar-refractivity contribution in [3.05, 3.63) is 24.5 Å². The molecule has 0 spiro atoms. The van der Waals surface area contributed by atoms with Gasteiger partial charge in [-0.3, -0.25) is 4.98 Å². The van der Waals surface area contributed by atoms with E-state index in [1.54, 1.807) is 29.4 Å². The highest BCUT2D eigenvalue weighted by Crippen LogP contribution is 2.18. The molecular weight excluding hydrogens is 206 g/mol. The smallest absolute Gasteiger partial charge is 0.322 e. The van der Waals surface area contributed by atoms with E-state index < -0.39 is 0 Å². The summed E-state index contributed by atoms with van der Waals surface area (Å²) < 4.78 is 0. The van der Waals surface area contributed by atoms with E-state index in [1.165, 1.54) is 0 Å². The molecule has 2 heterocycles. The van der Waals surface area contributed by atoms with Crippen molar-refractivity contribution in [1.82, 2.24) is 9.88 Å². The van der Waals surface area contributed by atoms with Crippen molar-refractivity contribution in [2.75, 3.05) is 18.5 Å². The van der Waals surface area contributed by atoms with E-state index in [2.05, 4.69) is 10.3 Å². The second-order valence-electron chi connectivity index (χ2n) is 3.84. The Kier molecular flexibility index (Phi) is 3.36. The van der Waals surface area contributed by atoms with Crippen LogP contribution >= 0.6 is 0 Å². The van der Waals surface area contributed by atoms with Gasteiger partial charge in [-0.05, 0) is 25.0 Å². The number of aliphatic hydroxyl groups excluding tert-OH is 1. The third kappa shape index (κ3) is 2.30. The van der Waals surface area contributed by atoms with Gasteiger partial charge >= 0.3 is 6.03 Å². The maximum Gasteiger partial charge on any atom is 0.322 e. The fraction of sp³-hybridized carbons (Fsp3) is 0.455. The molecule has 1 aromatic heterocycles. The van der Waals surface area contributed by atoms with Crippen LogP contribution in [0.2, 0.25) is 0 Å². The molecule has 86 valence electrons. The van der Waals surface area contributed by atoms with Crippen molar-refractivity contribution in [2.24, 2.45) is 0 Å². The van der Waals surface area contributed by atoms with Crippen LogP contribution in [0.5, 0.6) is 0 Å². The van der Waals surface area contributed by atoms with E-state index in [4.69, 9.17) is 5.11 Å². The summed E-state index contributed by atoms with van der Waals surface area (Å²) in [5.74, 6) is 0. The molecule has 0 saturated carbocycles. The minimum Gasteiger partial charge on any atom is -0.394 e. The summed E-state index contributed by atoms with van der Waals surface area (Å²) in [7, 11) is 0. The maximum atomic E-state index is 11.9. The van der Waals surface area contributed by atoms with E-state index in [-0.39, 0.29) is 18.7 Å². The molecule has 1 aliphatic heterocycles. The number of amides is 2. The predicted octanol–water partition coefficient (Wildman–Crippen LogP) is 1.07. The molecule has 2 N–H and O–H groups in total. The molecule has 5 heteroatoms. The number of carbonyl (C=O) groups is 1. The Balaban J connectivity index is 1.98. The van der Waals surface area contributed by atoms with Crippen LogP contribution in [0, 0.1) is 0 Å². The quantitative estimate of drug-likeness (QED) is 0.785. The van der Waals surface area contributed by atoms with Gasteiger partial charge in [0.15, 0.2) is 0 Å². The van der Waals surface area contributed by atoms with Crippen molar-refractivity contribution < 1.29 is 9.90 Å². The van der Waals surface area contributed by atoms with E-state index >= 15 is 0 Å². The summed E-state index contributed by atoms with van der Waals surface area (Å²) in [4.78, 5) is 17.4. The molecule has 16 heavy (non-hydrogen) atoms. The number of aromatic nitrogens is 1. The summed E-state index contributed by atoms with van der Waals surface area (Å²) in [6.07, 6.45) is 5.08. The summed E-state index contributed by atoms with van der Waals surface area (Å²) in [5.41, 5.74) is 0.726. The molecule has 1 unspecified atom stereocenters. The van der Waals surface area contributed by atoms with Gasteiger partial charge < -0.3 is 15.3 Å². The van der Waals surface area contributed by atoms with Crippen molar-refractivity contribution in [2.45, 2.75) is 18.9 Å². The summed E-state index contributed by atoms with van der Waals surface area (Å²) in [5, 5.41) is 11.9. The molecule has 2 rings (SSSR count). The first-order chi connectivity index (χ1) is 7.81. The molecule has 1 aliphatic rings. The van der Waals surface area contributed by atoms with Crippen molar-refractivity contribution in [1.29, 1.82) is 0 Å². The SMILES string of the molecule is O=C(Nc1ccncc1)N1CCCC1CO. The highest BCUT2D eigenvalue weighted by molar-refractivity contribution is 5.89. The highest BCUT2D eigenvalue weighted by Gasteiger charge is 2.27. The van der Waals surface area contributed by atoms with E-state index in [0.717, 1.165) is 18.5 Å². The Morgan fingerprint density at radius 2 is 2.31 bits per heavy atom. The number of anilines is 1. The number of hydrogen-bond donors (Lipinski definition) is 2. The van der Waals surface area contributed by atoms with Gasteiger partial charge in [-0.1, -0.05) is 0 Å². The van der Waals surface area contributed by atoms with Crippen LogP contribution in [0.3, 0.4) is 0 Å². The first-order valence-electron chi connectivity index (χ1n) is 5.40. The molecule has 0 bridgehead atoms. The Morgan fingerprint density at radius 3 is 3.00 bits per heavy atom. The van der Waals surface area contributed by atoms with Gasteiger partial charge in [0.05, 0.1) is 12.6 Å². The molecule has 5 nitrogen and oxygen atoms in total. The number of hydrogen-bond acceptors (Lipinski definition) is 3. The van der Waals surface area contributed by atoms with Crippen molar-refractivity contribution in [3.8, 4) is 0 Å². The predicted molar refractivity (Wildman–Crippen MR) is 60.1 cm³/mol. The van der Waals surface area contributed by atoms with Gasteiger partial charge in [0.1, 0.15) is 0 Å². The maximum absolute atomic E-state index is 11.9. The molecule has 1 aromatic rings. The number of aliphatic hydroxyl groups is 1. The van der Waals surface area contributed by atoms with E-state index in [0.29, 0.717) is 6.54 Å². The average molecular weight is 221 g/mol. The first kappa shape index (κ1) is 10.9. The number of rotatable bonds is 2. The normalized spacial score (nSPS) is 19.8. The minimum atomic E-state index is -0.150. The van der Waals surface area contributed by atoms with Crippen molar-refractivity contribution in [3.63, 3.8) is 0 Å². The lowest BCUT2D eigenvalue weighted by Crippen LogP contribution is -2.40. The summed E-state index contributed by atoms with van der Waals surface area (Å²) >= 11 is 0. The molecule has 0 aromatic carbocycles. The number of likely N-dealkylation sites (tertiary alicyclic amines) is 1. The van der Waals surface area contributed by atoms with Gasteiger partial charge in [0.25, 0.3) is 0 Å². The van der Waals surface area contributed by atoms with E-state index in [1.807, 2.05) is 0 Å². The van der Waals surface area contributed by atoms with Gasteiger partial charge in [-0.15, -0.1) is 0 Å². The number of nitrogens with one attached hydrogen (secondary N) is 1. The van der Waals surface area contributed by atoms with Gasteiger partial charge in [0, 0.05) is 24.6 Å².